The Morgan fingerprint density at radius 2 is 1.82 bits per heavy atom. The number of para-hydroxylation sites is 1. The van der Waals surface area contributed by atoms with E-state index in [4.69, 9.17) is 9.47 Å². The predicted octanol–water partition coefficient (Wildman–Crippen LogP) is 3.87. The molecule has 0 saturated heterocycles. The number of rotatable bonds is 3. The number of fused-ring (bicyclic) bond motifs is 1. The molecule has 2 heterocycles. The van der Waals surface area contributed by atoms with Gasteiger partial charge in [0.25, 0.3) is 11.7 Å². The zero-order valence-corrected chi connectivity index (χ0v) is 15.1. The van der Waals surface area contributed by atoms with Gasteiger partial charge in [-0.25, -0.2) is 4.68 Å². The molecule has 7 heteroatoms. The second kappa shape index (κ2) is 6.30. The molecule has 28 heavy (non-hydrogen) atoms. The maximum absolute atomic E-state index is 12.6. The van der Waals surface area contributed by atoms with Crippen LogP contribution >= 0.6 is 0 Å². The lowest BCUT2D eigenvalue weighted by Gasteiger charge is -2.21. The van der Waals surface area contributed by atoms with Crippen molar-refractivity contribution in [3.05, 3.63) is 60.4 Å². The van der Waals surface area contributed by atoms with Crippen LogP contribution in [0.15, 0.2) is 54.7 Å². The van der Waals surface area contributed by atoms with Gasteiger partial charge in [0.2, 0.25) is 0 Å². The van der Waals surface area contributed by atoms with Crippen molar-refractivity contribution in [1.29, 1.82) is 0 Å². The molecule has 1 aliphatic carbocycles. The number of hydrogen-bond acceptors (Lipinski definition) is 5. The fourth-order valence-electron chi connectivity index (χ4n) is 3.72. The smallest absolute Gasteiger partial charge is 0.280 e. The van der Waals surface area contributed by atoms with Crippen molar-refractivity contribution >= 4 is 11.6 Å². The Morgan fingerprint density at radius 1 is 1.07 bits per heavy atom. The second-order valence-corrected chi connectivity index (χ2v) is 7.08. The van der Waals surface area contributed by atoms with Crippen LogP contribution in [0.5, 0.6) is 17.2 Å². The molecule has 2 aliphatic rings. The van der Waals surface area contributed by atoms with Gasteiger partial charge in [-0.1, -0.05) is 18.2 Å². The second-order valence-electron chi connectivity index (χ2n) is 7.08. The lowest BCUT2D eigenvalue weighted by molar-refractivity contribution is -0.0716. The molecule has 1 aromatic heterocycles. The summed E-state index contributed by atoms with van der Waals surface area (Å²) < 4.78 is 13.5. The number of anilines is 1. The molecular weight excluding hydrogens is 358 g/mol. The first-order chi connectivity index (χ1) is 13.6. The fraction of sp³-hybridized carbons (Fsp3) is 0.238. The SMILES string of the molecule is O=C(Nc1ccc2c(c1)OC1(CCCC1)O2)c1nn(-c2ccccc2)cc1O. The third-order valence-corrected chi connectivity index (χ3v) is 5.09. The molecule has 1 saturated carbocycles. The molecule has 2 aromatic carbocycles. The highest BCUT2D eigenvalue weighted by Crippen LogP contribution is 2.47. The number of amides is 1. The molecular formula is C21H19N3O4. The number of hydrogen-bond donors (Lipinski definition) is 2. The third kappa shape index (κ3) is 2.85. The first kappa shape index (κ1) is 16.7. The van der Waals surface area contributed by atoms with Crippen LogP contribution in [-0.2, 0) is 0 Å². The number of carbonyl (C=O) groups excluding carboxylic acids is 1. The molecule has 0 bridgehead atoms. The Hall–Kier alpha value is -3.48. The lowest BCUT2D eigenvalue weighted by Crippen LogP contribution is -2.34. The molecule has 1 aliphatic heterocycles. The van der Waals surface area contributed by atoms with Crippen molar-refractivity contribution in [3.63, 3.8) is 0 Å². The molecule has 1 fully saturated rings. The number of benzene rings is 2. The molecule has 7 nitrogen and oxygen atoms in total. The minimum absolute atomic E-state index is 0.0474. The summed E-state index contributed by atoms with van der Waals surface area (Å²) in [5, 5.41) is 17.1. The maximum atomic E-state index is 12.6. The molecule has 0 radical (unpaired) electrons. The van der Waals surface area contributed by atoms with Crippen LogP contribution in [0, 0.1) is 0 Å². The quantitative estimate of drug-likeness (QED) is 0.724. The highest BCUT2D eigenvalue weighted by molar-refractivity contribution is 6.04. The van der Waals surface area contributed by atoms with E-state index in [1.54, 1.807) is 18.2 Å². The largest absolute Gasteiger partial charge is 0.504 e. The predicted molar refractivity (Wildman–Crippen MR) is 102 cm³/mol. The Morgan fingerprint density at radius 3 is 2.61 bits per heavy atom. The van der Waals surface area contributed by atoms with Crippen LogP contribution in [0.2, 0.25) is 0 Å². The lowest BCUT2D eigenvalue weighted by atomic mass is 10.2. The van der Waals surface area contributed by atoms with Crippen molar-refractivity contribution in [2.45, 2.75) is 31.5 Å². The number of aromatic hydroxyl groups is 1. The molecule has 0 atom stereocenters. The molecule has 142 valence electrons. The van der Waals surface area contributed by atoms with Crippen LogP contribution in [-0.4, -0.2) is 26.6 Å². The molecule has 3 aromatic rings. The van der Waals surface area contributed by atoms with E-state index in [1.807, 2.05) is 30.3 Å². The molecule has 1 spiro atoms. The molecule has 0 unspecified atom stereocenters. The number of ether oxygens (including phenoxy) is 2. The van der Waals surface area contributed by atoms with Gasteiger partial charge in [-0.2, -0.15) is 5.10 Å². The van der Waals surface area contributed by atoms with Gasteiger partial charge < -0.3 is 19.9 Å². The summed E-state index contributed by atoms with van der Waals surface area (Å²) in [6.45, 7) is 0. The topological polar surface area (TPSA) is 85.6 Å². The van der Waals surface area contributed by atoms with Gasteiger partial charge >= 0.3 is 0 Å². The summed E-state index contributed by atoms with van der Waals surface area (Å²) in [4.78, 5) is 12.6. The summed E-state index contributed by atoms with van der Waals surface area (Å²) >= 11 is 0. The van der Waals surface area contributed by atoms with E-state index in [2.05, 4.69) is 10.4 Å². The van der Waals surface area contributed by atoms with E-state index in [0.29, 0.717) is 17.2 Å². The Balaban J connectivity index is 1.35. The normalized spacial score (nSPS) is 16.4. The summed E-state index contributed by atoms with van der Waals surface area (Å²) in [6, 6.07) is 14.6. The van der Waals surface area contributed by atoms with Gasteiger partial charge in [-0.3, -0.25) is 4.79 Å². The summed E-state index contributed by atoms with van der Waals surface area (Å²) in [7, 11) is 0. The van der Waals surface area contributed by atoms with E-state index in [1.165, 1.54) is 10.9 Å². The van der Waals surface area contributed by atoms with Gasteiger partial charge in [-0.15, -0.1) is 0 Å². The van der Waals surface area contributed by atoms with Crippen LogP contribution < -0.4 is 14.8 Å². The van der Waals surface area contributed by atoms with Gasteiger partial charge in [-0.05, 0) is 37.1 Å². The van der Waals surface area contributed by atoms with Gasteiger partial charge in [0, 0.05) is 24.6 Å². The summed E-state index contributed by atoms with van der Waals surface area (Å²) in [6.07, 6.45) is 5.32. The average Bonchev–Trinajstić information content (AvgIpc) is 3.41. The van der Waals surface area contributed by atoms with Crippen molar-refractivity contribution in [2.24, 2.45) is 0 Å². The molecule has 1 amide bonds. The van der Waals surface area contributed by atoms with Gasteiger partial charge in [0.1, 0.15) is 0 Å². The minimum atomic E-state index is -0.544. The molecule has 5 rings (SSSR count). The van der Waals surface area contributed by atoms with E-state index >= 15 is 0 Å². The highest BCUT2D eigenvalue weighted by Gasteiger charge is 2.44. The van der Waals surface area contributed by atoms with Gasteiger partial charge in [0.15, 0.2) is 22.9 Å². The van der Waals surface area contributed by atoms with Crippen molar-refractivity contribution in [2.75, 3.05) is 5.32 Å². The number of carbonyl (C=O) groups is 1. The maximum Gasteiger partial charge on any atom is 0.280 e. The third-order valence-electron chi connectivity index (χ3n) is 5.09. The Kier molecular flexibility index (Phi) is 3.75. The van der Waals surface area contributed by atoms with Crippen molar-refractivity contribution < 1.29 is 19.4 Å². The highest BCUT2D eigenvalue weighted by atomic mass is 16.7. The minimum Gasteiger partial charge on any atom is -0.504 e. The van der Waals surface area contributed by atoms with Gasteiger partial charge in [0.05, 0.1) is 11.9 Å². The van der Waals surface area contributed by atoms with E-state index < -0.39 is 11.7 Å². The fourth-order valence-corrected chi connectivity index (χ4v) is 3.72. The van der Waals surface area contributed by atoms with Crippen LogP contribution in [0.4, 0.5) is 5.69 Å². The van der Waals surface area contributed by atoms with Crippen LogP contribution in [0.25, 0.3) is 5.69 Å². The monoisotopic (exact) mass is 377 g/mol. The summed E-state index contributed by atoms with van der Waals surface area (Å²) in [5.74, 6) is 0.0843. The number of aromatic nitrogens is 2. The van der Waals surface area contributed by atoms with Crippen molar-refractivity contribution in [1.82, 2.24) is 9.78 Å². The van der Waals surface area contributed by atoms with E-state index in [0.717, 1.165) is 31.4 Å². The Bertz CT molecular complexity index is 1040. The van der Waals surface area contributed by atoms with Crippen LogP contribution in [0.1, 0.15) is 36.2 Å². The average molecular weight is 377 g/mol. The standard InChI is InChI=1S/C21H19N3O4/c25-16-13-24(15-6-2-1-3-7-15)23-19(16)20(26)22-14-8-9-17-18(12-14)28-21(27-17)10-4-5-11-21/h1-3,6-9,12-13,25H,4-5,10-11H2,(H,22,26). The summed E-state index contributed by atoms with van der Waals surface area (Å²) in [5.41, 5.74) is 1.26. The number of nitrogens with one attached hydrogen (secondary N) is 1. The van der Waals surface area contributed by atoms with E-state index in [9.17, 15) is 9.90 Å². The van der Waals surface area contributed by atoms with Crippen LogP contribution in [0.3, 0.4) is 0 Å². The number of nitrogens with zero attached hydrogens (tertiary/aromatic N) is 2. The zero-order chi connectivity index (χ0) is 19.1. The zero-order valence-electron chi connectivity index (χ0n) is 15.1. The van der Waals surface area contributed by atoms with Crippen molar-refractivity contribution in [3.8, 4) is 22.9 Å². The Labute approximate surface area is 161 Å². The van der Waals surface area contributed by atoms with E-state index in [-0.39, 0.29) is 11.4 Å². The first-order valence-electron chi connectivity index (χ1n) is 9.29. The molecule has 2 N–H and O–H groups in total. The first-order valence-corrected chi connectivity index (χ1v) is 9.29.